The van der Waals surface area contributed by atoms with E-state index in [4.69, 9.17) is 9.72 Å². The standard InChI is InChI=1S/C65H60N5O.Pt/c1-61(2,3)39-29-30-66-57(33-39)69-53-24-14-13-19-45(53)46-28-27-43(37-56(46)69)71-44-32-40(62(4,5)6)31-41(34-44)67-38-68(55-26-16-15-25-54(55)67)42-35-51-60-52(36-42)65(11,12)50-23-18-21-48-59(50)70(60)58-47(63(48,7)8)20-17-22-49(58)64(51,9)10;/h13-33,35-36,38H,1-12H3;/q-3;. The molecular formula is C65H60N5OPt-3. The van der Waals surface area contributed by atoms with E-state index in [0.717, 1.165) is 55.9 Å². The zero-order valence-corrected chi connectivity index (χ0v) is 45.6. The average Bonchev–Trinajstić information content (AvgIpc) is 3.89. The zero-order valence-electron chi connectivity index (χ0n) is 43.3. The van der Waals surface area contributed by atoms with Crippen LogP contribution in [-0.4, -0.2) is 9.55 Å². The van der Waals surface area contributed by atoms with Gasteiger partial charge in [-0.25, -0.2) is 4.98 Å². The van der Waals surface area contributed by atoms with Crippen molar-refractivity contribution in [3.63, 3.8) is 0 Å². The van der Waals surface area contributed by atoms with Crippen LogP contribution < -0.4 is 19.4 Å². The van der Waals surface area contributed by atoms with Crippen LogP contribution in [0.3, 0.4) is 0 Å². The van der Waals surface area contributed by atoms with Crippen molar-refractivity contribution < 1.29 is 25.8 Å². The smallest absolute Gasteiger partial charge is 0.135 e. The Morgan fingerprint density at radius 2 is 1.07 bits per heavy atom. The molecular weight excluding hydrogens is 1060 g/mol. The van der Waals surface area contributed by atoms with Gasteiger partial charge in [0.25, 0.3) is 0 Å². The largest absolute Gasteiger partial charge is 0.509 e. The molecule has 0 spiro atoms. The normalized spacial score (nSPS) is 16.4. The van der Waals surface area contributed by atoms with Gasteiger partial charge in [-0.2, -0.15) is 6.07 Å². The third kappa shape index (κ3) is 6.53. The average molecular weight is 1120 g/mol. The molecule has 0 N–H and O–H groups in total. The van der Waals surface area contributed by atoms with Crippen molar-refractivity contribution in [2.24, 2.45) is 0 Å². The van der Waals surface area contributed by atoms with Gasteiger partial charge in [0, 0.05) is 77.6 Å². The first kappa shape index (κ1) is 46.4. The molecule has 0 fully saturated rings. The second-order valence-electron chi connectivity index (χ2n) is 23.9. The van der Waals surface area contributed by atoms with Gasteiger partial charge in [-0.15, -0.1) is 53.6 Å². The van der Waals surface area contributed by atoms with Crippen molar-refractivity contribution in [3.05, 3.63) is 203 Å². The maximum Gasteiger partial charge on any atom is 0.135 e. The topological polar surface area (TPSA) is 36.8 Å². The number of para-hydroxylation sites is 5. The van der Waals surface area contributed by atoms with Crippen LogP contribution in [-0.2, 0) is 48.1 Å². The molecule has 0 amide bonds. The van der Waals surface area contributed by atoms with Crippen LogP contribution in [0.1, 0.15) is 128 Å². The zero-order chi connectivity index (χ0) is 49.3. The number of anilines is 7. The number of rotatable bonds is 5. The van der Waals surface area contributed by atoms with Gasteiger partial charge in [-0.05, 0) is 97.6 Å². The van der Waals surface area contributed by atoms with Crippen molar-refractivity contribution in [1.82, 2.24) is 9.55 Å². The molecule has 0 atom stereocenters. The third-order valence-electron chi connectivity index (χ3n) is 16.4. The Morgan fingerprint density at radius 3 is 1.68 bits per heavy atom. The molecule has 7 heteroatoms. The van der Waals surface area contributed by atoms with Crippen LogP contribution in [0.25, 0.3) is 27.6 Å². The van der Waals surface area contributed by atoms with Crippen molar-refractivity contribution in [1.29, 1.82) is 0 Å². The molecule has 6 nitrogen and oxygen atoms in total. The molecule has 364 valence electrons. The van der Waals surface area contributed by atoms with E-state index in [2.05, 4.69) is 249 Å². The number of nitrogens with zero attached hydrogens (tertiary/aromatic N) is 5. The van der Waals surface area contributed by atoms with Crippen LogP contribution in [0.5, 0.6) is 11.5 Å². The van der Waals surface area contributed by atoms with Gasteiger partial charge in [-0.3, -0.25) is 0 Å². The molecule has 72 heavy (non-hydrogen) atoms. The number of hydrogen-bond acceptors (Lipinski definition) is 5. The van der Waals surface area contributed by atoms with E-state index in [1.165, 1.54) is 56.0 Å². The second-order valence-corrected chi connectivity index (χ2v) is 23.9. The molecule has 0 saturated heterocycles. The van der Waals surface area contributed by atoms with Crippen LogP contribution in [0, 0.1) is 18.8 Å². The fourth-order valence-electron chi connectivity index (χ4n) is 12.3. The number of benzene rings is 7. The number of aromatic nitrogens is 2. The van der Waals surface area contributed by atoms with E-state index in [1.54, 1.807) is 0 Å². The van der Waals surface area contributed by atoms with Gasteiger partial charge in [0.2, 0.25) is 0 Å². The fourth-order valence-corrected chi connectivity index (χ4v) is 12.3. The van der Waals surface area contributed by atoms with Gasteiger partial charge < -0.3 is 24.0 Å². The van der Waals surface area contributed by atoms with Gasteiger partial charge in [-0.1, -0.05) is 155 Å². The molecule has 0 radical (unpaired) electrons. The molecule has 4 aliphatic rings. The summed E-state index contributed by atoms with van der Waals surface area (Å²) in [7, 11) is 0. The molecule has 9 aromatic rings. The van der Waals surface area contributed by atoms with Gasteiger partial charge >= 0.3 is 0 Å². The summed E-state index contributed by atoms with van der Waals surface area (Å²) in [5.41, 5.74) is 20.0. The first-order valence-corrected chi connectivity index (χ1v) is 25.2. The van der Waals surface area contributed by atoms with Gasteiger partial charge in [0.05, 0.1) is 17.1 Å². The van der Waals surface area contributed by atoms with Crippen molar-refractivity contribution in [2.75, 3.05) is 14.7 Å². The van der Waals surface area contributed by atoms with Crippen LogP contribution in [0.4, 0.5) is 39.8 Å². The Labute approximate surface area is 439 Å². The summed E-state index contributed by atoms with van der Waals surface area (Å²) in [4.78, 5) is 12.2. The predicted octanol–water partition coefficient (Wildman–Crippen LogP) is 17.0. The number of fused-ring (bicyclic) bond motifs is 4. The molecule has 4 aliphatic heterocycles. The summed E-state index contributed by atoms with van der Waals surface area (Å²) in [5, 5.41) is 2.24. The van der Waals surface area contributed by atoms with E-state index in [-0.39, 0.29) is 48.1 Å². The van der Waals surface area contributed by atoms with E-state index in [0.29, 0.717) is 11.5 Å². The summed E-state index contributed by atoms with van der Waals surface area (Å²) >= 11 is 0. The molecule has 13 rings (SSSR count). The fraction of sp³-hybridized carbons (Fsp3) is 0.262. The molecule has 7 aromatic carbocycles. The van der Waals surface area contributed by atoms with E-state index >= 15 is 0 Å². The first-order valence-electron chi connectivity index (χ1n) is 25.2. The summed E-state index contributed by atoms with van der Waals surface area (Å²) in [5.74, 6) is 2.10. The van der Waals surface area contributed by atoms with Crippen LogP contribution >= 0.6 is 0 Å². The van der Waals surface area contributed by atoms with Crippen LogP contribution in [0.15, 0.2) is 140 Å². The second kappa shape index (κ2) is 15.4. The van der Waals surface area contributed by atoms with Crippen LogP contribution in [0.2, 0.25) is 0 Å². The molecule has 0 bridgehead atoms. The maximum absolute atomic E-state index is 6.92. The van der Waals surface area contributed by atoms with E-state index < -0.39 is 0 Å². The number of pyridine rings is 1. The first-order chi connectivity index (χ1) is 33.7. The molecule has 0 saturated carbocycles. The van der Waals surface area contributed by atoms with Gasteiger partial charge in [0.15, 0.2) is 0 Å². The van der Waals surface area contributed by atoms with E-state index in [1.807, 2.05) is 12.3 Å². The number of ether oxygens (including phenoxy) is 1. The molecule has 6 heterocycles. The Hall–Kier alpha value is -6.62. The Kier molecular flexibility index (Phi) is 9.97. The van der Waals surface area contributed by atoms with Crippen molar-refractivity contribution in [2.45, 2.75) is 110 Å². The summed E-state index contributed by atoms with van der Waals surface area (Å²) in [6.45, 7) is 30.3. The Balaban J connectivity index is 0.00000530. The van der Waals surface area contributed by atoms with E-state index in [9.17, 15) is 0 Å². The minimum atomic E-state index is -0.265. The Morgan fingerprint density at radius 1 is 0.514 bits per heavy atom. The SMILES string of the molecule is CC(C)(C)c1cc(Oc2[c-]c3c(cc2)c2ccccc2n3-c2cc(C(C)(C)C)ccn2)[c-]c(N2[CH-]N(c3cc4c5c(c3)C(C)(C)c3cccc6c3N5c3c(cccc3C4(C)C)C6(C)C)c3ccccc32)c1.[Pt]. The Bertz CT molecular complexity index is 3660. The molecule has 0 aliphatic carbocycles. The van der Waals surface area contributed by atoms with Crippen molar-refractivity contribution >= 4 is 61.6 Å². The minimum Gasteiger partial charge on any atom is -0.509 e. The summed E-state index contributed by atoms with van der Waals surface area (Å²) in [6.07, 6.45) is 1.92. The predicted molar refractivity (Wildman–Crippen MR) is 293 cm³/mol. The third-order valence-corrected chi connectivity index (χ3v) is 16.4. The van der Waals surface area contributed by atoms with Gasteiger partial charge in [0.1, 0.15) is 5.82 Å². The monoisotopic (exact) mass is 1120 g/mol. The quantitative estimate of drug-likeness (QED) is 0.161. The van der Waals surface area contributed by atoms with Crippen molar-refractivity contribution in [3.8, 4) is 17.3 Å². The summed E-state index contributed by atoms with van der Waals surface area (Å²) < 4.78 is 9.14. The maximum atomic E-state index is 6.92. The molecule has 2 aromatic heterocycles. The number of hydrogen-bond donors (Lipinski definition) is 0. The molecule has 0 unspecified atom stereocenters. The minimum absolute atomic E-state index is 0. The summed E-state index contributed by atoms with van der Waals surface area (Å²) in [6, 6.07) is 56.6.